The minimum Gasteiger partial charge on any atom is -0.478 e. The predicted octanol–water partition coefficient (Wildman–Crippen LogP) is 3.95. The van der Waals surface area contributed by atoms with Crippen molar-refractivity contribution in [3.8, 4) is 0 Å². The molecule has 1 aromatic heterocycles. The minimum atomic E-state index is -0.924. The van der Waals surface area contributed by atoms with E-state index in [9.17, 15) is 4.79 Å². The Bertz CT molecular complexity index is 605. The number of fused-ring (bicyclic) bond motifs is 1. The number of allylic oxidation sites excluding steroid dienone is 3. The van der Waals surface area contributed by atoms with Crippen LogP contribution in [-0.4, -0.2) is 11.1 Å². The molecule has 0 saturated heterocycles. The first-order valence-corrected chi connectivity index (χ1v) is 6.28. The predicted molar refractivity (Wildman–Crippen MR) is 75.1 cm³/mol. The highest BCUT2D eigenvalue weighted by molar-refractivity contribution is 5.83. The van der Waals surface area contributed by atoms with E-state index < -0.39 is 5.97 Å². The fourth-order valence-corrected chi connectivity index (χ4v) is 1.94. The summed E-state index contributed by atoms with van der Waals surface area (Å²) in [5.41, 5.74) is 0. The van der Waals surface area contributed by atoms with E-state index in [1.807, 2.05) is 24.3 Å². The molecule has 2 aromatic rings. The minimum absolute atomic E-state index is 0.889. The number of hydrogen-bond acceptors (Lipinski definition) is 2. The molecule has 98 valence electrons. The number of rotatable bonds is 6. The first kappa shape index (κ1) is 13.1. The van der Waals surface area contributed by atoms with Crippen LogP contribution in [0.1, 0.15) is 18.6 Å². The molecule has 0 amide bonds. The Morgan fingerprint density at radius 1 is 1.26 bits per heavy atom. The van der Waals surface area contributed by atoms with Gasteiger partial charge in [-0.3, -0.25) is 0 Å². The highest BCUT2D eigenvalue weighted by Gasteiger charge is 2.03. The van der Waals surface area contributed by atoms with E-state index in [2.05, 4.69) is 6.07 Å². The van der Waals surface area contributed by atoms with Gasteiger partial charge in [0.25, 0.3) is 0 Å². The average Bonchev–Trinajstić information content (AvgIpc) is 2.81. The van der Waals surface area contributed by atoms with E-state index >= 15 is 0 Å². The number of aryl methyl sites for hydroxylation is 1. The van der Waals surface area contributed by atoms with E-state index in [-0.39, 0.29) is 0 Å². The molecule has 0 aliphatic carbocycles. The van der Waals surface area contributed by atoms with Crippen LogP contribution in [0.5, 0.6) is 0 Å². The number of benzene rings is 1. The number of unbranched alkanes of at least 4 members (excludes halogenated alkanes) is 1. The highest BCUT2D eigenvalue weighted by Crippen LogP contribution is 2.22. The fraction of sp³-hybridized carbons (Fsp3) is 0.188. The van der Waals surface area contributed by atoms with E-state index in [0.717, 1.165) is 36.5 Å². The molecule has 19 heavy (non-hydrogen) atoms. The van der Waals surface area contributed by atoms with Crippen LogP contribution in [0.4, 0.5) is 0 Å². The van der Waals surface area contributed by atoms with Gasteiger partial charge in [0.1, 0.15) is 5.76 Å². The van der Waals surface area contributed by atoms with Crippen LogP contribution < -0.4 is 0 Å². The zero-order valence-electron chi connectivity index (χ0n) is 10.6. The third kappa shape index (κ3) is 3.85. The Balaban J connectivity index is 1.81. The number of hydrogen-bond donors (Lipinski definition) is 1. The Kier molecular flexibility index (Phi) is 4.56. The van der Waals surface area contributed by atoms with Gasteiger partial charge in [0, 0.05) is 23.3 Å². The molecule has 0 fully saturated rings. The quantitative estimate of drug-likeness (QED) is 0.483. The van der Waals surface area contributed by atoms with Gasteiger partial charge in [-0.25, -0.2) is 4.79 Å². The van der Waals surface area contributed by atoms with Crippen LogP contribution >= 0.6 is 0 Å². The molecule has 3 nitrogen and oxygen atoms in total. The molecule has 0 spiro atoms. The van der Waals surface area contributed by atoms with Crippen molar-refractivity contribution >= 4 is 16.7 Å². The molecule has 2 rings (SSSR count). The Hall–Kier alpha value is -2.29. The van der Waals surface area contributed by atoms with Crippen molar-refractivity contribution in [2.45, 2.75) is 19.3 Å². The van der Waals surface area contributed by atoms with Gasteiger partial charge in [0.05, 0.1) is 6.26 Å². The average molecular weight is 256 g/mol. The van der Waals surface area contributed by atoms with Crippen LogP contribution in [0.3, 0.4) is 0 Å². The van der Waals surface area contributed by atoms with E-state index in [1.165, 1.54) is 11.5 Å². The van der Waals surface area contributed by atoms with Crippen LogP contribution in [0.2, 0.25) is 0 Å². The smallest absolute Gasteiger partial charge is 0.328 e. The summed E-state index contributed by atoms with van der Waals surface area (Å²) in [6, 6.07) is 8.12. The molecule has 0 bridgehead atoms. The van der Waals surface area contributed by atoms with E-state index in [0.29, 0.717) is 0 Å². The summed E-state index contributed by atoms with van der Waals surface area (Å²) in [6.07, 6.45) is 10.9. The summed E-state index contributed by atoms with van der Waals surface area (Å²) in [6.45, 7) is 0. The second-order valence-electron chi connectivity index (χ2n) is 4.26. The summed E-state index contributed by atoms with van der Waals surface area (Å²) >= 11 is 0. The lowest BCUT2D eigenvalue weighted by Gasteiger charge is -1.95. The van der Waals surface area contributed by atoms with Crippen LogP contribution in [0, 0.1) is 0 Å². The number of aliphatic carboxylic acids is 1. The molecule has 1 heterocycles. The van der Waals surface area contributed by atoms with Crippen molar-refractivity contribution in [2.75, 3.05) is 0 Å². The number of furan rings is 1. The number of carbonyl (C=O) groups is 1. The zero-order chi connectivity index (χ0) is 13.5. The lowest BCUT2D eigenvalue weighted by atomic mass is 10.1. The molecular formula is C16H16O3. The topological polar surface area (TPSA) is 50.4 Å². The van der Waals surface area contributed by atoms with Gasteiger partial charge in [0.2, 0.25) is 0 Å². The van der Waals surface area contributed by atoms with Gasteiger partial charge in [0.15, 0.2) is 0 Å². The van der Waals surface area contributed by atoms with Crippen molar-refractivity contribution in [1.82, 2.24) is 0 Å². The van der Waals surface area contributed by atoms with Crippen molar-refractivity contribution in [1.29, 1.82) is 0 Å². The second-order valence-corrected chi connectivity index (χ2v) is 4.26. The molecule has 0 atom stereocenters. The number of carboxylic acid groups (broad SMARTS) is 1. The van der Waals surface area contributed by atoms with Crippen LogP contribution in [0.25, 0.3) is 10.8 Å². The third-order valence-electron chi connectivity index (χ3n) is 2.85. The van der Waals surface area contributed by atoms with E-state index in [4.69, 9.17) is 9.52 Å². The Morgan fingerprint density at radius 2 is 2.11 bits per heavy atom. The van der Waals surface area contributed by atoms with Crippen molar-refractivity contribution in [2.24, 2.45) is 0 Å². The Labute approximate surface area is 111 Å². The zero-order valence-corrected chi connectivity index (χ0v) is 10.6. The molecule has 1 aromatic carbocycles. The lowest BCUT2D eigenvalue weighted by molar-refractivity contribution is -0.131. The summed E-state index contributed by atoms with van der Waals surface area (Å²) < 4.78 is 5.56. The standard InChI is InChI=1S/C16H16O3/c17-16(18)11-5-3-1-2-4-10-15-14-9-7-6-8-13(14)12-19-15/h1,3,5-9,11-12H,2,4,10H2,(H,17,18). The highest BCUT2D eigenvalue weighted by atomic mass is 16.4. The molecule has 0 aliphatic heterocycles. The summed E-state index contributed by atoms with van der Waals surface area (Å²) in [7, 11) is 0. The summed E-state index contributed by atoms with van der Waals surface area (Å²) in [5, 5.41) is 10.7. The van der Waals surface area contributed by atoms with Crippen molar-refractivity contribution < 1.29 is 14.3 Å². The molecule has 0 unspecified atom stereocenters. The van der Waals surface area contributed by atoms with Crippen molar-refractivity contribution in [3.05, 3.63) is 60.6 Å². The monoisotopic (exact) mass is 256 g/mol. The maximum absolute atomic E-state index is 10.2. The first-order valence-electron chi connectivity index (χ1n) is 6.28. The van der Waals surface area contributed by atoms with Gasteiger partial charge in [-0.1, -0.05) is 42.5 Å². The molecule has 1 N–H and O–H groups in total. The fourth-order valence-electron chi connectivity index (χ4n) is 1.94. The van der Waals surface area contributed by atoms with Gasteiger partial charge in [-0.2, -0.15) is 0 Å². The molecule has 0 radical (unpaired) electrons. The van der Waals surface area contributed by atoms with Crippen molar-refractivity contribution in [3.63, 3.8) is 0 Å². The SMILES string of the molecule is O=C(O)C=CC=CCCCc1occ2ccccc12. The van der Waals surface area contributed by atoms with Gasteiger partial charge < -0.3 is 9.52 Å². The van der Waals surface area contributed by atoms with Gasteiger partial charge in [-0.15, -0.1) is 0 Å². The van der Waals surface area contributed by atoms with E-state index in [1.54, 1.807) is 12.3 Å². The molecule has 0 aliphatic rings. The molecular weight excluding hydrogens is 240 g/mol. The molecule has 3 heteroatoms. The maximum atomic E-state index is 10.2. The van der Waals surface area contributed by atoms with Gasteiger partial charge >= 0.3 is 5.97 Å². The first-order chi connectivity index (χ1) is 9.27. The van der Waals surface area contributed by atoms with Crippen LogP contribution in [0.15, 0.2) is 59.2 Å². The molecule has 0 saturated carbocycles. The van der Waals surface area contributed by atoms with Gasteiger partial charge in [-0.05, 0) is 12.8 Å². The maximum Gasteiger partial charge on any atom is 0.328 e. The lowest BCUT2D eigenvalue weighted by Crippen LogP contribution is -1.84. The normalized spacial score (nSPS) is 11.8. The largest absolute Gasteiger partial charge is 0.478 e. The second kappa shape index (κ2) is 6.59. The van der Waals surface area contributed by atoms with Crippen LogP contribution in [-0.2, 0) is 11.2 Å². The third-order valence-corrected chi connectivity index (χ3v) is 2.85. The number of carboxylic acids is 1. The Morgan fingerprint density at radius 3 is 2.95 bits per heavy atom. The summed E-state index contributed by atoms with van der Waals surface area (Å²) in [5.74, 6) is 0.0942. The summed E-state index contributed by atoms with van der Waals surface area (Å²) in [4.78, 5) is 10.2.